The van der Waals surface area contributed by atoms with Crippen molar-refractivity contribution in [2.45, 2.75) is 18.6 Å². The molecule has 0 N–H and O–H groups in total. The number of carbonyl (C=O) groups excluding carboxylic acids is 1. The minimum atomic E-state index is -3.38. The zero-order valence-electron chi connectivity index (χ0n) is 7.35. The summed E-state index contributed by atoms with van der Waals surface area (Å²) in [4.78, 5) is 14.4. The number of carboxylic acids is 1. The standard InChI is InChI=1S/C7H8N2O4S/c1-4-5(6(10)11)9-2-3-14(12,13)7(9)8-4/h2-3H2,1H3,(H,10,11)/p-1. The summed E-state index contributed by atoms with van der Waals surface area (Å²) in [6.07, 6.45) is 0. The minimum Gasteiger partial charge on any atom is -0.543 e. The molecule has 7 heteroatoms. The first-order valence-electron chi connectivity index (χ1n) is 3.95. The molecule has 0 aliphatic carbocycles. The number of hydrogen-bond donors (Lipinski definition) is 0. The van der Waals surface area contributed by atoms with Gasteiger partial charge in [0.25, 0.3) is 0 Å². The molecule has 2 heterocycles. The van der Waals surface area contributed by atoms with E-state index in [-0.39, 0.29) is 28.8 Å². The minimum absolute atomic E-state index is 0.0874. The fraction of sp³-hybridized carbons (Fsp3) is 0.429. The van der Waals surface area contributed by atoms with Gasteiger partial charge >= 0.3 is 0 Å². The Bertz CT molecular complexity index is 514. The van der Waals surface area contributed by atoms with Gasteiger partial charge in [-0.2, -0.15) is 0 Å². The molecule has 1 aromatic rings. The van der Waals surface area contributed by atoms with Gasteiger partial charge in [-0.3, -0.25) is 0 Å². The number of aryl methyl sites for hydroxylation is 1. The van der Waals surface area contributed by atoms with Gasteiger partial charge < -0.3 is 14.5 Å². The maximum absolute atomic E-state index is 11.3. The summed E-state index contributed by atoms with van der Waals surface area (Å²) in [5, 5.41) is 10.5. The van der Waals surface area contributed by atoms with E-state index >= 15 is 0 Å². The van der Waals surface area contributed by atoms with Gasteiger partial charge in [-0.05, 0) is 6.92 Å². The normalized spacial score (nSPS) is 18.1. The van der Waals surface area contributed by atoms with Crippen molar-refractivity contribution in [1.29, 1.82) is 0 Å². The summed E-state index contributed by atoms with van der Waals surface area (Å²) in [5.74, 6) is -1.48. The third kappa shape index (κ3) is 1.05. The third-order valence-electron chi connectivity index (χ3n) is 2.16. The first-order valence-corrected chi connectivity index (χ1v) is 5.60. The van der Waals surface area contributed by atoms with Crippen molar-refractivity contribution < 1.29 is 18.3 Å². The molecule has 6 nitrogen and oxygen atoms in total. The molecule has 1 aliphatic rings. The molecule has 0 radical (unpaired) electrons. The van der Waals surface area contributed by atoms with Crippen LogP contribution in [0.3, 0.4) is 0 Å². The predicted molar refractivity (Wildman–Crippen MR) is 43.3 cm³/mol. The summed E-state index contributed by atoms with van der Waals surface area (Å²) < 4.78 is 23.9. The largest absolute Gasteiger partial charge is 0.543 e. The van der Waals surface area contributed by atoms with Crippen molar-refractivity contribution in [2.75, 3.05) is 5.75 Å². The monoisotopic (exact) mass is 215 g/mol. The highest BCUT2D eigenvalue weighted by atomic mass is 32.2. The lowest BCUT2D eigenvalue weighted by Gasteiger charge is -2.04. The maximum Gasteiger partial charge on any atom is 0.228 e. The summed E-state index contributed by atoms with van der Waals surface area (Å²) in [7, 11) is -3.38. The van der Waals surface area contributed by atoms with E-state index in [1.807, 2.05) is 0 Å². The van der Waals surface area contributed by atoms with E-state index < -0.39 is 15.8 Å². The Morgan fingerprint density at radius 3 is 2.79 bits per heavy atom. The van der Waals surface area contributed by atoms with Crippen LogP contribution in [0.25, 0.3) is 0 Å². The number of carbonyl (C=O) groups is 1. The van der Waals surface area contributed by atoms with Gasteiger partial charge in [0.05, 0.1) is 23.1 Å². The first-order chi connectivity index (χ1) is 6.43. The van der Waals surface area contributed by atoms with E-state index in [4.69, 9.17) is 0 Å². The van der Waals surface area contributed by atoms with E-state index in [1.54, 1.807) is 0 Å². The van der Waals surface area contributed by atoms with Gasteiger partial charge in [0.1, 0.15) is 0 Å². The first kappa shape index (κ1) is 9.20. The van der Waals surface area contributed by atoms with Crippen LogP contribution >= 0.6 is 0 Å². The molecule has 1 aliphatic heterocycles. The lowest BCUT2D eigenvalue weighted by Crippen LogP contribution is -2.26. The highest BCUT2D eigenvalue weighted by Crippen LogP contribution is 2.22. The molecule has 1 aromatic heterocycles. The number of aromatic nitrogens is 2. The summed E-state index contributed by atoms with van der Waals surface area (Å²) >= 11 is 0. The van der Waals surface area contributed by atoms with Gasteiger partial charge in [-0.15, -0.1) is 0 Å². The Balaban J connectivity index is 2.75. The molecule has 0 amide bonds. The van der Waals surface area contributed by atoms with E-state index in [1.165, 1.54) is 11.5 Å². The lowest BCUT2D eigenvalue weighted by molar-refractivity contribution is -0.255. The quantitative estimate of drug-likeness (QED) is 0.559. The Kier molecular flexibility index (Phi) is 1.69. The molecule has 0 saturated carbocycles. The van der Waals surface area contributed by atoms with E-state index in [0.717, 1.165) is 0 Å². The average molecular weight is 215 g/mol. The predicted octanol–water partition coefficient (Wildman–Crippen LogP) is -1.66. The molecule has 76 valence electrons. The molecule has 0 fully saturated rings. The van der Waals surface area contributed by atoms with Gasteiger partial charge in [0.15, 0.2) is 0 Å². The van der Waals surface area contributed by atoms with Gasteiger partial charge in [-0.25, -0.2) is 13.4 Å². The molecule has 0 aromatic carbocycles. The number of rotatable bonds is 1. The Morgan fingerprint density at radius 1 is 1.57 bits per heavy atom. The number of sulfone groups is 1. The number of imidazole rings is 1. The number of fused-ring (bicyclic) bond motifs is 1. The lowest BCUT2D eigenvalue weighted by atomic mass is 10.3. The van der Waals surface area contributed by atoms with Crippen LogP contribution in [0.15, 0.2) is 5.16 Å². The third-order valence-corrected chi connectivity index (χ3v) is 3.75. The number of aromatic carboxylic acids is 1. The Hall–Kier alpha value is -1.37. The van der Waals surface area contributed by atoms with E-state index in [2.05, 4.69) is 4.98 Å². The fourth-order valence-electron chi connectivity index (χ4n) is 1.55. The maximum atomic E-state index is 11.3. The molecule has 0 spiro atoms. The zero-order chi connectivity index (χ0) is 10.5. The fourth-order valence-corrected chi connectivity index (χ4v) is 2.95. The van der Waals surface area contributed by atoms with Gasteiger partial charge in [0.2, 0.25) is 15.0 Å². The number of carboxylic acid groups (broad SMARTS) is 1. The second-order valence-corrected chi connectivity index (χ2v) is 5.09. The number of nitrogens with zero attached hydrogens (tertiary/aromatic N) is 2. The van der Waals surface area contributed by atoms with Crippen LogP contribution in [0.1, 0.15) is 16.2 Å². The van der Waals surface area contributed by atoms with Crippen molar-refractivity contribution in [3.8, 4) is 0 Å². The molecular formula is C7H7N2O4S-. The summed E-state index contributed by atoms with van der Waals surface area (Å²) in [6, 6.07) is 0. The van der Waals surface area contributed by atoms with Crippen LogP contribution in [0.5, 0.6) is 0 Å². The molecular weight excluding hydrogens is 208 g/mol. The SMILES string of the molecule is Cc1nc2n(c1C(=O)[O-])CCS2(=O)=O. The number of hydrogen-bond acceptors (Lipinski definition) is 5. The summed E-state index contributed by atoms with van der Waals surface area (Å²) in [6.45, 7) is 1.59. The zero-order valence-corrected chi connectivity index (χ0v) is 8.17. The van der Waals surface area contributed by atoms with Crippen molar-refractivity contribution in [2.24, 2.45) is 0 Å². The Morgan fingerprint density at radius 2 is 2.21 bits per heavy atom. The van der Waals surface area contributed by atoms with Crippen molar-refractivity contribution >= 4 is 15.8 Å². The molecule has 2 rings (SSSR count). The van der Waals surface area contributed by atoms with Gasteiger partial charge in [-0.1, -0.05) is 0 Å². The summed E-state index contributed by atoms with van der Waals surface area (Å²) in [5.41, 5.74) is 0.0457. The smallest absolute Gasteiger partial charge is 0.228 e. The van der Waals surface area contributed by atoms with Crippen molar-refractivity contribution in [3.63, 3.8) is 0 Å². The second kappa shape index (κ2) is 2.57. The molecule has 0 saturated heterocycles. The molecule has 0 atom stereocenters. The second-order valence-electron chi connectivity index (χ2n) is 3.09. The van der Waals surface area contributed by atoms with Crippen LogP contribution in [-0.2, 0) is 16.4 Å². The van der Waals surface area contributed by atoms with Crippen molar-refractivity contribution in [3.05, 3.63) is 11.4 Å². The molecule has 0 unspecified atom stereocenters. The average Bonchev–Trinajstić information content (AvgIpc) is 2.50. The van der Waals surface area contributed by atoms with E-state index in [9.17, 15) is 18.3 Å². The van der Waals surface area contributed by atoms with Crippen LogP contribution in [0.2, 0.25) is 0 Å². The topological polar surface area (TPSA) is 92.1 Å². The Labute approximate surface area is 80.1 Å². The highest BCUT2D eigenvalue weighted by molar-refractivity contribution is 7.91. The van der Waals surface area contributed by atoms with Crippen molar-refractivity contribution in [1.82, 2.24) is 9.55 Å². The molecule has 0 bridgehead atoms. The molecule has 14 heavy (non-hydrogen) atoms. The highest BCUT2D eigenvalue weighted by Gasteiger charge is 2.31. The van der Waals surface area contributed by atoms with Crippen LogP contribution < -0.4 is 5.11 Å². The van der Waals surface area contributed by atoms with E-state index in [0.29, 0.717) is 0 Å². The van der Waals surface area contributed by atoms with Gasteiger partial charge in [0, 0.05) is 6.54 Å². The van der Waals surface area contributed by atoms with Crippen LogP contribution in [-0.4, -0.2) is 29.7 Å². The van der Waals surface area contributed by atoms with Crippen LogP contribution in [0.4, 0.5) is 0 Å². The van der Waals surface area contributed by atoms with Crippen LogP contribution in [0, 0.1) is 6.92 Å².